The summed E-state index contributed by atoms with van der Waals surface area (Å²) >= 11 is 5.33. The van der Waals surface area contributed by atoms with Crippen molar-refractivity contribution in [2.45, 2.75) is 19.8 Å². The van der Waals surface area contributed by atoms with E-state index in [1.165, 1.54) is 5.56 Å². The van der Waals surface area contributed by atoms with E-state index in [1.54, 1.807) is 18.2 Å². The number of thiocarbonyl (C=S) groups is 1. The van der Waals surface area contributed by atoms with Crippen LogP contribution in [0.2, 0.25) is 0 Å². The van der Waals surface area contributed by atoms with E-state index in [2.05, 4.69) is 41.6 Å². The van der Waals surface area contributed by atoms with E-state index < -0.39 is 0 Å². The zero-order valence-electron chi connectivity index (χ0n) is 18.8. The van der Waals surface area contributed by atoms with Crippen molar-refractivity contribution in [3.63, 3.8) is 0 Å². The molecule has 0 spiro atoms. The van der Waals surface area contributed by atoms with E-state index in [-0.39, 0.29) is 11.0 Å². The molecule has 4 aromatic rings. The van der Waals surface area contributed by atoms with Gasteiger partial charge in [-0.05, 0) is 72.2 Å². The number of benzene rings is 3. The topological polar surface area (TPSA) is 85.6 Å². The maximum absolute atomic E-state index is 12.6. The van der Waals surface area contributed by atoms with Crippen molar-refractivity contribution >= 4 is 40.0 Å². The van der Waals surface area contributed by atoms with Gasteiger partial charge in [0.05, 0.1) is 0 Å². The van der Waals surface area contributed by atoms with Crippen LogP contribution in [0.5, 0.6) is 11.5 Å². The van der Waals surface area contributed by atoms with Crippen LogP contribution < -0.4 is 20.1 Å². The standard InChI is InChI=1S/C26H23N3O4S/c1-15(2)16-3-5-17(6-4-16)25-28-20-14-19(8-10-21(20)33-25)27-26(34)29-24(30)18-7-9-22-23(13-18)32-12-11-31-22/h3-10,13-15H,11-12H2,1-2H3,(H2,27,29,30,34). The van der Waals surface area contributed by atoms with Crippen molar-refractivity contribution in [1.29, 1.82) is 0 Å². The van der Waals surface area contributed by atoms with Gasteiger partial charge in [-0.3, -0.25) is 10.1 Å². The number of nitrogens with zero attached hydrogens (tertiary/aromatic N) is 1. The highest BCUT2D eigenvalue weighted by atomic mass is 32.1. The van der Waals surface area contributed by atoms with Gasteiger partial charge >= 0.3 is 0 Å². The Labute approximate surface area is 202 Å². The predicted molar refractivity (Wildman–Crippen MR) is 135 cm³/mol. The average Bonchev–Trinajstić information content (AvgIpc) is 3.27. The van der Waals surface area contributed by atoms with Crippen LogP contribution in [0.15, 0.2) is 65.1 Å². The van der Waals surface area contributed by atoms with E-state index in [1.807, 2.05) is 30.3 Å². The average molecular weight is 474 g/mol. The Morgan fingerprint density at radius 1 is 0.971 bits per heavy atom. The largest absolute Gasteiger partial charge is 0.486 e. The summed E-state index contributed by atoms with van der Waals surface area (Å²) in [6, 6.07) is 18.7. The van der Waals surface area contributed by atoms with Crippen LogP contribution in [0.3, 0.4) is 0 Å². The number of amides is 1. The fraction of sp³-hybridized carbons (Fsp3) is 0.192. The van der Waals surface area contributed by atoms with E-state index in [4.69, 9.17) is 26.1 Å². The number of hydrogen-bond donors (Lipinski definition) is 2. The van der Waals surface area contributed by atoms with Crippen LogP contribution in [-0.4, -0.2) is 29.2 Å². The van der Waals surface area contributed by atoms with Crippen LogP contribution in [-0.2, 0) is 0 Å². The molecule has 1 aliphatic heterocycles. The number of hydrogen-bond acceptors (Lipinski definition) is 6. The zero-order chi connectivity index (χ0) is 23.7. The highest BCUT2D eigenvalue weighted by molar-refractivity contribution is 7.80. The molecule has 2 heterocycles. The minimum Gasteiger partial charge on any atom is -0.486 e. The van der Waals surface area contributed by atoms with Crippen molar-refractivity contribution in [3.05, 3.63) is 71.8 Å². The van der Waals surface area contributed by atoms with Crippen molar-refractivity contribution in [3.8, 4) is 23.0 Å². The number of aromatic nitrogens is 1. The second-order valence-electron chi connectivity index (χ2n) is 8.24. The Morgan fingerprint density at radius 2 is 1.74 bits per heavy atom. The molecule has 34 heavy (non-hydrogen) atoms. The predicted octanol–water partition coefficient (Wildman–Crippen LogP) is 5.52. The van der Waals surface area contributed by atoms with E-state index in [0.29, 0.717) is 58.9 Å². The Balaban J connectivity index is 1.27. The van der Waals surface area contributed by atoms with Crippen molar-refractivity contribution < 1.29 is 18.7 Å². The second kappa shape index (κ2) is 9.15. The lowest BCUT2D eigenvalue weighted by Crippen LogP contribution is -2.34. The molecular formula is C26H23N3O4S. The first-order chi connectivity index (χ1) is 16.5. The molecular weight excluding hydrogens is 450 g/mol. The summed E-state index contributed by atoms with van der Waals surface area (Å²) in [5.41, 5.74) is 4.65. The zero-order valence-corrected chi connectivity index (χ0v) is 19.6. The van der Waals surface area contributed by atoms with Crippen LogP contribution in [0.1, 0.15) is 35.7 Å². The lowest BCUT2D eigenvalue weighted by atomic mass is 10.0. The normalized spacial score (nSPS) is 12.6. The fourth-order valence-electron chi connectivity index (χ4n) is 3.66. The quantitative estimate of drug-likeness (QED) is 0.378. The van der Waals surface area contributed by atoms with Crippen LogP contribution in [0, 0.1) is 0 Å². The third-order valence-corrected chi connectivity index (χ3v) is 5.71. The molecule has 3 aromatic carbocycles. The maximum Gasteiger partial charge on any atom is 0.257 e. The van der Waals surface area contributed by atoms with Crippen LogP contribution >= 0.6 is 12.2 Å². The lowest BCUT2D eigenvalue weighted by Gasteiger charge is -2.18. The monoisotopic (exact) mass is 473 g/mol. The summed E-state index contributed by atoms with van der Waals surface area (Å²) in [6.07, 6.45) is 0. The van der Waals surface area contributed by atoms with Gasteiger partial charge in [0.2, 0.25) is 5.89 Å². The first kappa shape index (κ1) is 21.9. The number of rotatable bonds is 4. The highest BCUT2D eigenvalue weighted by Crippen LogP contribution is 2.31. The minimum absolute atomic E-state index is 0.173. The molecule has 0 saturated heterocycles. The number of ether oxygens (including phenoxy) is 2. The number of oxazole rings is 1. The molecule has 0 saturated carbocycles. The third-order valence-electron chi connectivity index (χ3n) is 5.50. The SMILES string of the molecule is CC(C)c1ccc(-c2nc3cc(NC(=S)NC(=O)c4ccc5c(c4)OCCO5)ccc3o2)cc1. The fourth-order valence-corrected chi connectivity index (χ4v) is 3.87. The molecule has 8 heteroatoms. The number of carbonyl (C=O) groups is 1. The van der Waals surface area contributed by atoms with E-state index in [0.717, 1.165) is 5.56 Å². The Bertz CT molecular complexity index is 1380. The Kier molecular flexibility index (Phi) is 5.90. The molecule has 0 radical (unpaired) electrons. The molecule has 2 N–H and O–H groups in total. The Hall–Kier alpha value is -3.91. The Morgan fingerprint density at radius 3 is 2.50 bits per heavy atom. The third kappa shape index (κ3) is 4.58. The molecule has 0 unspecified atom stereocenters. The van der Waals surface area contributed by atoms with Gasteiger partial charge in [0.15, 0.2) is 22.2 Å². The van der Waals surface area contributed by atoms with Crippen molar-refractivity contribution in [2.75, 3.05) is 18.5 Å². The molecule has 0 fully saturated rings. The molecule has 0 bridgehead atoms. The molecule has 172 valence electrons. The smallest absolute Gasteiger partial charge is 0.257 e. The van der Waals surface area contributed by atoms with Gasteiger partial charge < -0.3 is 19.2 Å². The van der Waals surface area contributed by atoms with Gasteiger partial charge in [-0.15, -0.1) is 0 Å². The van der Waals surface area contributed by atoms with Gasteiger partial charge in [-0.25, -0.2) is 4.98 Å². The number of fused-ring (bicyclic) bond motifs is 2. The molecule has 0 atom stereocenters. The molecule has 0 aliphatic carbocycles. The first-order valence-corrected chi connectivity index (χ1v) is 11.4. The van der Waals surface area contributed by atoms with Crippen molar-refractivity contribution in [2.24, 2.45) is 0 Å². The summed E-state index contributed by atoms with van der Waals surface area (Å²) in [4.78, 5) is 17.2. The van der Waals surface area contributed by atoms with E-state index in [9.17, 15) is 4.79 Å². The maximum atomic E-state index is 12.6. The summed E-state index contributed by atoms with van der Waals surface area (Å²) < 4.78 is 16.9. The number of anilines is 1. The number of nitrogens with one attached hydrogen (secondary N) is 2. The van der Waals surface area contributed by atoms with E-state index >= 15 is 0 Å². The van der Waals surface area contributed by atoms with Gasteiger partial charge in [-0.2, -0.15) is 0 Å². The highest BCUT2D eigenvalue weighted by Gasteiger charge is 2.16. The summed E-state index contributed by atoms with van der Waals surface area (Å²) in [7, 11) is 0. The molecule has 1 aromatic heterocycles. The van der Waals surface area contributed by atoms with Crippen LogP contribution in [0.4, 0.5) is 5.69 Å². The summed E-state index contributed by atoms with van der Waals surface area (Å²) in [5.74, 6) is 1.84. The van der Waals surface area contributed by atoms with Crippen molar-refractivity contribution in [1.82, 2.24) is 10.3 Å². The summed E-state index contributed by atoms with van der Waals surface area (Å²) in [5, 5.41) is 5.89. The number of carbonyl (C=O) groups excluding carboxylic acids is 1. The van der Waals surface area contributed by atoms with Crippen LogP contribution in [0.25, 0.3) is 22.6 Å². The van der Waals surface area contributed by atoms with Gasteiger partial charge in [0.25, 0.3) is 5.91 Å². The van der Waals surface area contributed by atoms with Gasteiger partial charge in [0.1, 0.15) is 18.7 Å². The lowest BCUT2D eigenvalue weighted by molar-refractivity contribution is 0.0976. The molecule has 7 nitrogen and oxygen atoms in total. The molecule has 5 rings (SSSR count). The summed E-state index contributed by atoms with van der Waals surface area (Å²) in [6.45, 7) is 5.26. The first-order valence-electron chi connectivity index (χ1n) is 11.0. The molecule has 1 amide bonds. The minimum atomic E-state index is -0.343. The van der Waals surface area contributed by atoms with Gasteiger partial charge in [0, 0.05) is 16.8 Å². The molecule has 1 aliphatic rings. The van der Waals surface area contributed by atoms with Gasteiger partial charge in [-0.1, -0.05) is 26.0 Å². The second-order valence-corrected chi connectivity index (χ2v) is 8.65.